The van der Waals surface area contributed by atoms with Gasteiger partial charge in [-0.05, 0) is 26.0 Å². The van der Waals surface area contributed by atoms with Crippen molar-refractivity contribution in [3.63, 3.8) is 0 Å². The van der Waals surface area contributed by atoms with Crippen LogP contribution >= 0.6 is 0 Å². The molecule has 0 aliphatic rings. The molecule has 0 aliphatic carbocycles. The summed E-state index contributed by atoms with van der Waals surface area (Å²) >= 11 is 0. The lowest BCUT2D eigenvalue weighted by Crippen LogP contribution is -2.32. The molecule has 1 aromatic heterocycles. The normalized spacial score (nSPS) is 12.0. The lowest BCUT2D eigenvalue weighted by Gasteiger charge is -2.20. The highest BCUT2D eigenvalue weighted by molar-refractivity contribution is 5.96. The molecule has 0 saturated heterocycles. The van der Waals surface area contributed by atoms with Crippen molar-refractivity contribution in [3.8, 4) is 0 Å². The quantitative estimate of drug-likeness (QED) is 0.581. The Hall–Kier alpha value is -1.91. The molecular weight excluding hydrogens is 246 g/mol. The van der Waals surface area contributed by atoms with Gasteiger partial charge in [-0.15, -0.1) is 0 Å². The van der Waals surface area contributed by atoms with Crippen molar-refractivity contribution >= 4 is 11.9 Å². The van der Waals surface area contributed by atoms with Gasteiger partial charge in [0.05, 0.1) is 13.2 Å². The lowest BCUT2D eigenvalue weighted by molar-refractivity contribution is -0.162. The second-order valence-electron chi connectivity index (χ2n) is 4.03. The Labute approximate surface area is 112 Å². The van der Waals surface area contributed by atoms with E-state index in [0.29, 0.717) is 5.69 Å². The molecule has 0 N–H and O–H groups in total. The van der Waals surface area contributed by atoms with E-state index < -0.39 is 17.9 Å². The first-order valence-corrected chi connectivity index (χ1v) is 6.36. The van der Waals surface area contributed by atoms with Crippen molar-refractivity contribution in [2.24, 2.45) is 5.92 Å². The van der Waals surface area contributed by atoms with Gasteiger partial charge in [0.15, 0.2) is 5.92 Å². The smallest absolute Gasteiger partial charge is 0.321 e. The van der Waals surface area contributed by atoms with E-state index in [0.717, 1.165) is 0 Å². The number of esters is 2. The Bertz CT molecular complexity index is 401. The van der Waals surface area contributed by atoms with Gasteiger partial charge >= 0.3 is 11.9 Å². The van der Waals surface area contributed by atoms with E-state index >= 15 is 0 Å². The van der Waals surface area contributed by atoms with Crippen LogP contribution in [0.15, 0.2) is 24.4 Å². The zero-order valence-corrected chi connectivity index (χ0v) is 11.5. The van der Waals surface area contributed by atoms with Gasteiger partial charge in [-0.25, -0.2) is 0 Å². The van der Waals surface area contributed by atoms with E-state index in [2.05, 4.69) is 4.98 Å². The van der Waals surface area contributed by atoms with Gasteiger partial charge in [0, 0.05) is 17.8 Å². The molecule has 0 radical (unpaired) electrons. The maximum atomic E-state index is 11.9. The van der Waals surface area contributed by atoms with Crippen LogP contribution in [0.2, 0.25) is 0 Å². The maximum Gasteiger partial charge on any atom is 0.321 e. The monoisotopic (exact) mass is 265 g/mol. The number of carbonyl (C=O) groups excluding carboxylic acids is 2. The van der Waals surface area contributed by atoms with Gasteiger partial charge in [0.25, 0.3) is 0 Å². The van der Waals surface area contributed by atoms with E-state index in [-0.39, 0.29) is 19.1 Å². The number of nitrogens with zero attached hydrogens (tertiary/aromatic N) is 1. The number of hydrogen-bond acceptors (Lipinski definition) is 5. The van der Waals surface area contributed by atoms with Crippen LogP contribution < -0.4 is 0 Å². The minimum Gasteiger partial charge on any atom is -0.465 e. The molecule has 0 unspecified atom stereocenters. The molecule has 0 aliphatic heterocycles. The van der Waals surface area contributed by atoms with Crippen LogP contribution in [0.3, 0.4) is 0 Å². The van der Waals surface area contributed by atoms with Gasteiger partial charge in [-0.3, -0.25) is 14.6 Å². The molecule has 0 aromatic carbocycles. The summed E-state index contributed by atoms with van der Waals surface area (Å²) in [7, 11) is 0. The summed E-state index contributed by atoms with van der Waals surface area (Å²) in [6.07, 6.45) is 1.62. The van der Waals surface area contributed by atoms with E-state index in [4.69, 9.17) is 9.47 Å². The Kier molecular flexibility index (Phi) is 5.99. The molecule has 1 atom stereocenters. The van der Waals surface area contributed by atoms with Crippen LogP contribution in [0.1, 0.15) is 32.4 Å². The van der Waals surface area contributed by atoms with Crippen LogP contribution in [0.25, 0.3) is 0 Å². The highest BCUT2D eigenvalue weighted by atomic mass is 16.6. The fourth-order valence-corrected chi connectivity index (χ4v) is 1.78. The fourth-order valence-electron chi connectivity index (χ4n) is 1.78. The molecule has 1 heterocycles. The molecule has 5 nitrogen and oxygen atoms in total. The molecule has 0 bridgehead atoms. The number of carbonyl (C=O) groups is 2. The predicted molar refractivity (Wildman–Crippen MR) is 69.4 cm³/mol. The highest BCUT2D eigenvalue weighted by Gasteiger charge is 2.36. The number of ether oxygens (including phenoxy) is 2. The molecule has 19 heavy (non-hydrogen) atoms. The van der Waals surface area contributed by atoms with Crippen LogP contribution in [-0.4, -0.2) is 30.1 Å². The first kappa shape index (κ1) is 15.1. The Balaban J connectivity index is 2.95. The van der Waals surface area contributed by atoms with Crippen molar-refractivity contribution in [1.82, 2.24) is 4.98 Å². The predicted octanol–water partition coefficient (Wildman–Crippen LogP) is 1.93. The van der Waals surface area contributed by atoms with Crippen molar-refractivity contribution in [2.75, 3.05) is 13.2 Å². The van der Waals surface area contributed by atoms with Crippen LogP contribution in [0.4, 0.5) is 0 Å². The average Bonchev–Trinajstić information content (AvgIpc) is 2.40. The molecule has 1 aromatic rings. The second kappa shape index (κ2) is 7.51. The summed E-state index contributed by atoms with van der Waals surface area (Å²) in [5.74, 6) is -2.51. The number of pyridine rings is 1. The van der Waals surface area contributed by atoms with Crippen molar-refractivity contribution in [1.29, 1.82) is 0 Å². The lowest BCUT2D eigenvalue weighted by atomic mass is 9.90. The minimum atomic E-state index is -0.977. The van der Waals surface area contributed by atoms with Gasteiger partial charge in [-0.1, -0.05) is 13.0 Å². The molecule has 0 spiro atoms. The number of hydrogen-bond donors (Lipinski definition) is 0. The van der Waals surface area contributed by atoms with Crippen LogP contribution in [-0.2, 0) is 19.1 Å². The third kappa shape index (κ3) is 4.05. The van der Waals surface area contributed by atoms with Crippen molar-refractivity contribution in [3.05, 3.63) is 30.1 Å². The van der Waals surface area contributed by atoms with E-state index in [1.54, 1.807) is 39.1 Å². The molecule has 104 valence electrons. The SMILES string of the molecule is CCOC(=O)C(C(=O)OCC)[C@@H](C)c1ccccn1. The third-order valence-corrected chi connectivity index (χ3v) is 2.74. The van der Waals surface area contributed by atoms with E-state index in [9.17, 15) is 9.59 Å². The molecule has 0 fully saturated rings. The topological polar surface area (TPSA) is 65.5 Å². The van der Waals surface area contributed by atoms with Gasteiger partial charge in [0.2, 0.25) is 0 Å². The maximum absolute atomic E-state index is 11.9. The molecule has 1 rings (SSSR count). The van der Waals surface area contributed by atoms with Crippen molar-refractivity contribution < 1.29 is 19.1 Å². The Morgan fingerprint density at radius 1 is 1.16 bits per heavy atom. The fraction of sp³-hybridized carbons (Fsp3) is 0.500. The summed E-state index contributed by atoms with van der Waals surface area (Å²) in [6.45, 7) is 5.62. The van der Waals surface area contributed by atoms with Gasteiger partial charge < -0.3 is 9.47 Å². The summed E-state index contributed by atoms with van der Waals surface area (Å²) in [5, 5.41) is 0. The first-order chi connectivity index (χ1) is 9.11. The zero-order chi connectivity index (χ0) is 14.3. The number of rotatable bonds is 6. The van der Waals surface area contributed by atoms with Crippen LogP contribution in [0.5, 0.6) is 0 Å². The first-order valence-electron chi connectivity index (χ1n) is 6.36. The highest BCUT2D eigenvalue weighted by Crippen LogP contribution is 2.25. The third-order valence-electron chi connectivity index (χ3n) is 2.74. The largest absolute Gasteiger partial charge is 0.465 e. The summed E-state index contributed by atoms with van der Waals surface area (Å²) < 4.78 is 9.89. The minimum absolute atomic E-state index is 0.226. The van der Waals surface area contributed by atoms with Crippen LogP contribution in [0, 0.1) is 5.92 Å². The van der Waals surface area contributed by atoms with Gasteiger partial charge in [0.1, 0.15) is 0 Å². The molecule has 0 saturated carbocycles. The van der Waals surface area contributed by atoms with Crippen molar-refractivity contribution in [2.45, 2.75) is 26.7 Å². The Morgan fingerprint density at radius 2 is 1.74 bits per heavy atom. The summed E-state index contributed by atoms with van der Waals surface area (Å²) in [5.41, 5.74) is 0.661. The van der Waals surface area contributed by atoms with Gasteiger partial charge in [-0.2, -0.15) is 0 Å². The molecule has 5 heteroatoms. The standard InChI is InChI=1S/C14H19NO4/c1-4-18-13(16)12(14(17)19-5-2)10(3)11-8-6-7-9-15-11/h6-10,12H,4-5H2,1-3H3/t10-/m0/s1. The summed E-state index contributed by atoms with van der Waals surface area (Å²) in [6, 6.07) is 5.36. The van der Waals surface area contributed by atoms with E-state index in [1.807, 2.05) is 6.07 Å². The second-order valence-corrected chi connectivity index (χ2v) is 4.03. The summed E-state index contributed by atoms with van der Waals surface area (Å²) in [4.78, 5) is 28.0. The molecular formula is C14H19NO4. The Morgan fingerprint density at radius 3 is 2.16 bits per heavy atom. The number of aromatic nitrogens is 1. The average molecular weight is 265 g/mol. The molecule has 0 amide bonds. The zero-order valence-electron chi connectivity index (χ0n) is 11.5. The van der Waals surface area contributed by atoms with E-state index in [1.165, 1.54) is 0 Å².